The van der Waals surface area contributed by atoms with E-state index in [-0.39, 0.29) is 11.5 Å². The van der Waals surface area contributed by atoms with Gasteiger partial charge >= 0.3 is 5.97 Å². The number of aromatic amines is 1. The Balaban J connectivity index is 1.25. The van der Waals surface area contributed by atoms with Crippen molar-refractivity contribution in [2.45, 2.75) is 38.2 Å². The van der Waals surface area contributed by atoms with Crippen molar-refractivity contribution in [1.82, 2.24) is 19.9 Å². The number of imidazole rings is 1. The smallest absolute Gasteiger partial charge is 0.308 e. The second kappa shape index (κ2) is 7.36. The Bertz CT molecular complexity index is 1060. The van der Waals surface area contributed by atoms with Gasteiger partial charge in [-0.1, -0.05) is 0 Å². The molecule has 30 heavy (non-hydrogen) atoms. The van der Waals surface area contributed by atoms with Crippen LogP contribution in [0.15, 0.2) is 30.5 Å². The number of nitrogens with zero attached hydrogens (tertiary/aromatic N) is 4. The number of hydrogen-bond donors (Lipinski definition) is 2. The summed E-state index contributed by atoms with van der Waals surface area (Å²) >= 11 is 0. The van der Waals surface area contributed by atoms with Gasteiger partial charge in [0.05, 0.1) is 23.6 Å². The number of H-pyrrole nitrogens is 1. The fourth-order valence-corrected chi connectivity index (χ4v) is 4.44. The van der Waals surface area contributed by atoms with E-state index in [0.717, 1.165) is 60.8 Å². The lowest BCUT2D eigenvalue weighted by Gasteiger charge is -2.45. The van der Waals surface area contributed by atoms with E-state index in [2.05, 4.69) is 24.8 Å². The number of carboxylic acid groups (broad SMARTS) is 1. The number of aromatic nitrogens is 4. The highest BCUT2D eigenvalue weighted by Gasteiger charge is 2.41. The molecule has 5 heterocycles. The van der Waals surface area contributed by atoms with E-state index in [1.54, 1.807) is 0 Å². The molecule has 0 aromatic carbocycles. The Hall–Kier alpha value is -3.00. The highest BCUT2D eigenvalue weighted by Crippen LogP contribution is 2.37. The summed E-state index contributed by atoms with van der Waals surface area (Å²) < 4.78 is 6.03. The van der Waals surface area contributed by atoms with E-state index in [1.165, 1.54) is 0 Å². The number of hydrogen-bond acceptors (Lipinski definition) is 6. The van der Waals surface area contributed by atoms with Gasteiger partial charge in [0.2, 0.25) is 0 Å². The minimum atomic E-state index is -0.748. The van der Waals surface area contributed by atoms with Gasteiger partial charge in [0.25, 0.3) is 0 Å². The minimum absolute atomic E-state index is 0.165. The lowest BCUT2D eigenvalue weighted by atomic mass is 9.82. The molecule has 2 saturated heterocycles. The number of aliphatic carboxylic acids is 1. The van der Waals surface area contributed by atoms with E-state index < -0.39 is 5.97 Å². The fourth-order valence-electron chi connectivity index (χ4n) is 4.44. The monoisotopic (exact) mass is 407 g/mol. The van der Waals surface area contributed by atoms with Crippen molar-refractivity contribution in [2.24, 2.45) is 5.92 Å². The highest BCUT2D eigenvalue weighted by molar-refractivity contribution is 5.76. The van der Waals surface area contributed by atoms with Crippen molar-refractivity contribution in [1.29, 1.82) is 0 Å². The number of anilines is 1. The molecule has 8 heteroatoms. The molecule has 1 spiro atoms. The van der Waals surface area contributed by atoms with Gasteiger partial charge < -0.3 is 19.7 Å². The average molecular weight is 407 g/mol. The lowest BCUT2D eigenvalue weighted by Crippen LogP contribution is -2.50. The van der Waals surface area contributed by atoms with Gasteiger partial charge in [0.15, 0.2) is 5.65 Å². The molecule has 2 aliphatic heterocycles. The molecule has 8 nitrogen and oxygen atoms in total. The predicted octanol–water partition coefficient (Wildman–Crippen LogP) is 3.18. The summed E-state index contributed by atoms with van der Waals surface area (Å²) in [5, 5.41) is 9.17. The van der Waals surface area contributed by atoms with Crippen molar-refractivity contribution in [3.8, 4) is 11.4 Å². The van der Waals surface area contributed by atoms with Crippen LogP contribution in [-0.4, -0.2) is 56.3 Å². The topological polar surface area (TPSA) is 104 Å². The van der Waals surface area contributed by atoms with E-state index in [9.17, 15) is 4.79 Å². The van der Waals surface area contributed by atoms with E-state index in [0.29, 0.717) is 18.7 Å². The van der Waals surface area contributed by atoms with E-state index in [4.69, 9.17) is 9.84 Å². The Morgan fingerprint density at radius 3 is 2.70 bits per heavy atom. The normalized spacial score (nSPS) is 21.2. The molecule has 1 atom stereocenters. The molecular weight excluding hydrogens is 382 g/mol. The largest absolute Gasteiger partial charge is 0.481 e. The van der Waals surface area contributed by atoms with Gasteiger partial charge in [0, 0.05) is 30.5 Å². The summed E-state index contributed by atoms with van der Waals surface area (Å²) in [6, 6.07) is 8.02. The number of carboxylic acids is 1. The Morgan fingerprint density at radius 2 is 2.03 bits per heavy atom. The van der Waals surface area contributed by atoms with Crippen LogP contribution in [0, 0.1) is 12.8 Å². The summed E-state index contributed by atoms with van der Waals surface area (Å²) in [5.74, 6) is 0.600. The first-order valence-corrected chi connectivity index (χ1v) is 10.4. The van der Waals surface area contributed by atoms with E-state index in [1.807, 2.05) is 37.4 Å². The first kappa shape index (κ1) is 19.0. The second-order valence-electron chi connectivity index (χ2n) is 8.37. The van der Waals surface area contributed by atoms with Crippen LogP contribution in [-0.2, 0) is 9.53 Å². The number of carbonyl (C=O) groups is 1. The molecule has 0 amide bonds. The van der Waals surface area contributed by atoms with Crippen molar-refractivity contribution >= 4 is 23.0 Å². The molecule has 2 fully saturated rings. The van der Waals surface area contributed by atoms with Gasteiger partial charge in [-0.05, 0) is 56.9 Å². The molecular formula is C22H25N5O3. The Morgan fingerprint density at radius 1 is 1.20 bits per heavy atom. The zero-order valence-corrected chi connectivity index (χ0v) is 17.0. The number of aryl methyl sites for hydroxylation is 1. The molecule has 2 N–H and O–H groups in total. The molecule has 2 aliphatic rings. The maximum atomic E-state index is 11.2. The second-order valence-corrected chi connectivity index (χ2v) is 8.37. The van der Waals surface area contributed by atoms with Crippen LogP contribution < -0.4 is 4.90 Å². The van der Waals surface area contributed by atoms with Crippen molar-refractivity contribution in [3.63, 3.8) is 0 Å². The highest BCUT2D eigenvalue weighted by atomic mass is 16.5. The summed E-state index contributed by atoms with van der Waals surface area (Å²) in [7, 11) is 0. The number of nitrogens with one attached hydrogen (secondary N) is 1. The summed E-state index contributed by atoms with van der Waals surface area (Å²) in [4.78, 5) is 30.4. The zero-order chi connectivity index (χ0) is 20.7. The summed E-state index contributed by atoms with van der Waals surface area (Å²) in [6.45, 7) is 4.00. The SMILES string of the molecule is Cc1ccc2[nH]c(-c3ccc(N4CCC5(CCC(C(=O)O)CO5)CC4)nc3)nc2n1. The molecule has 0 bridgehead atoms. The third kappa shape index (κ3) is 3.52. The van der Waals surface area contributed by atoms with Crippen LogP contribution in [0.4, 0.5) is 5.82 Å². The van der Waals surface area contributed by atoms with Gasteiger partial charge in [-0.2, -0.15) is 0 Å². The number of pyridine rings is 2. The minimum Gasteiger partial charge on any atom is -0.481 e. The summed E-state index contributed by atoms with van der Waals surface area (Å²) in [5.41, 5.74) is 3.34. The Labute approximate surface area is 174 Å². The quantitative estimate of drug-likeness (QED) is 0.687. The average Bonchev–Trinajstić information content (AvgIpc) is 3.18. The zero-order valence-electron chi connectivity index (χ0n) is 17.0. The molecule has 1 unspecified atom stereocenters. The van der Waals surface area contributed by atoms with Crippen LogP contribution in [0.1, 0.15) is 31.4 Å². The number of fused-ring (bicyclic) bond motifs is 1. The van der Waals surface area contributed by atoms with Crippen LogP contribution in [0.2, 0.25) is 0 Å². The van der Waals surface area contributed by atoms with Crippen molar-refractivity contribution in [2.75, 3.05) is 24.6 Å². The number of rotatable bonds is 3. The standard InChI is InChI=1S/C22H25N5O3/c1-14-2-4-17-20(24-14)26-19(25-17)15-3-5-18(23-12-15)27-10-8-22(9-11-27)7-6-16(13-30-22)21(28)29/h2-5,12,16H,6-11,13H2,1H3,(H,28,29)(H,24,25,26). The van der Waals surface area contributed by atoms with Crippen LogP contribution >= 0.6 is 0 Å². The van der Waals surface area contributed by atoms with Crippen LogP contribution in [0.3, 0.4) is 0 Å². The van der Waals surface area contributed by atoms with Crippen LogP contribution in [0.5, 0.6) is 0 Å². The molecule has 3 aromatic heterocycles. The molecule has 5 rings (SSSR count). The molecule has 0 radical (unpaired) electrons. The maximum Gasteiger partial charge on any atom is 0.308 e. The lowest BCUT2D eigenvalue weighted by molar-refractivity contribution is -0.158. The molecule has 156 valence electrons. The Kier molecular flexibility index (Phi) is 4.66. The van der Waals surface area contributed by atoms with Gasteiger partial charge in [-0.3, -0.25) is 4.79 Å². The van der Waals surface area contributed by atoms with Gasteiger partial charge in [-0.25, -0.2) is 15.0 Å². The third-order valence-electron chi connectivity index (χ3n) is 6.39. The fraction of sp³-hybridized carbons (Fsp3) is 0.455. The predicted molar refractivity (Wildman–Crippen MR) is 112 cm³/mol. The first-order valence-electron chi connectivity index (χ1n) is 10.4. The van der Waals surface area contributed by atoms with Gasteiger partial charge in [-0.15, -0.1) is 0 Å². The first-order chi connectivity index (χ1) is 14.5. The van der Waals surface area contributed by atoms with Crippen molar-refractivity contribution in [3.05, 3.63) is 36.2 Å². The number of piperidine rings is 1. The molecule has 3 aromatic rings. The van der Waals surface area contributed by atoms with Crippen LogP contribution in [0.25, 0.3) is 22.6 Å². The molecule has 0 aliphatic carbocycles. The maximum absolute atomic E-state index is 11.2. The summed E-state index contributed by atoms with van der Waals surface area (Å²) in [6.07, 6.45) is 5.17. The van der Waals surface area contributed by atoms with E-state index >= 15 is 0 Å². The number of ether oxygens (including phenoxy) is 1. The molecule has 0 saturated carbocycles. The third-order valence-corrected chi connectivity index (χ3v) is 6.39. The van der Waals surface area contributed by atoms with Crippen molar-refractivity contribution < 1.29 is 14.6 Å². The van der Waals surface area contributed by atoms with Gasteiger partial charge in [0.1, 0.15) is 11.6 Å².